The number of alkyl halides is 2. The van der Waals surface area contributed by atoms with Crippen LogP contribution in [-0.4, -0.2) is 56.6 Å². The number of halogens is 3. The minimum atomic E-state index is -3.07. The molecular weight excluding hydrogens is 455 g/mol. The maximum Gasteiger partial charge on any atom is 0.446 e. The lowest BCUT2D eigenvalue weighted by molar-refractivity contribution is 0.0977. The van der Waals surface area contributed by atoms with E-state index < -0.39 is 23.6 Å². The molecule has 0 amide bonds. The van der Waals surface area contributed by atoms with Crippen LogP contribution in [0.4, 0.5) is 13.2 Å². The number of rotatable bonds is 7. The maximum atomic E-state index is 13.7. The van der Waals surface area contributed by atoms with E-state index in [1.807, 2.05) is 14.0 Å². The van der Waals surface area contributed by atoms with Crippen LogP contribution in [0.3, 0.4) is 0 Å². The van der Waals surface area contributed by atoms with Gasteiger partial charge in [0.2, 0.25) is 5.82 Å². The molecule has 1 aromatic carbocycles. The number of aliphatic imine (C=N–C) groups is 1. The molecule has 0 bridgehead atoms. The summed E-state index contributed by atoms with van der Waals surface area (Å²) in [4.78, 5) is 16.5. The van der Waals surface area contributed by atoms with Crippen LogP contribution >= 0.6 is 11.8 Å². The van der Waals surface area contributed by atoms with Gasteiger partial charge in [0.15, 0.2) is 16.9 Å². The monoisotopic (exact) mass is 471 g/mol. The SMILES string of the molecule is CC1OC(=NCCSc2nonc2-c2noc(=O)n2-c2ccc(F)c(C(F)F)c2)NN1C. The van der Waals surface area contributed by atoms with Crippen molar-refractivity contribution in [1.82, 2.24) is 30.5 Å². The largest absolute Gasteiger partial charge is 0.446 e. The number of hydrogen-bond acceptors (Lipinski definition) is 10. The summed E-state index contributed by atoms with van der Waals surface area (Å²) < 4.78 is 55.6. The van der Waals surface area contributed by atoms with Crippen molar-refractivity contribution in [2.75, 3.05) is 19.3 Å². The lowest BCUT2D eigenvalue weighted by Gasteiger charge is -2.08. The Balaban J connectivity index is 1.55. The van der Waals surface area contributed by atoms with E-state index in [9.17, 15) is 18.0 Å². The van der Waals surface area contributed by atoms with E-state index in [4.69, 9.17) is 9.37 Å². The molecule has 0 radical (unpaired) electrons. The molecule has 1 saturated heterocycles. The van der Waals surface area contributed by atoms with Crippen LogP contribution in [0.25, 0.3) is 17.2 Å². The molecule has 1 aliphatic rings. The summed E-state index contributed by atoms with van der Waals surface area (Å²) in [7, 11) is 1.82. The first kappa shape index (κ1) is 21.9. The molecule has 32 heavy (non-hydrogen) atoms. The van der Waals surface area contributed by atoms with Gasteiger partial charge in [-0.15, -0.1) is 0 Å². The highest BCUT2D eigenvalue weighted by molar-refractivity contribution is 7.99. The molecular formula is C17H16F3N7O4S. The predicted octanol–water partition coefficient (Wildman–Crippen LogP) is 2.21. The molecule has 1 N–H and O–H groups in total. The summed E-state index contributed by atoms with van der Waals surface area (Å²) >= 11 is 1.21. The van der Waals surface area contributed by atoms with Gasteiger partial charge in [0.25, 0.3) is 6.43 Å². The number of benzene rings is 1. The molecule has 1 atom stereocenters. The second kappa shape index (κ2) is 9.04. The molecule has 0 aliphatic carbocycles. The second-order valence-corrected chi connectivity index (χ2v) is 7.59. The Labute approximate surface area is 182 Å². The Morgan fingerprint density at radius 1 is 1.31 bits per heavy atom. The molecule has 170 valence electrons. The van der Waals surface area contributed by atoms with Gasteiger partial charge >= 0.3 is 11.8 Å². The normalized spacial score (nSPS) is 17.8. The van der Waals surface area contributed by atoms with Gasteiger partial charge in [-0.3, -0.25) is 9.95 Å². The van der Waals surface area contributed by atoms with Crippen LogP contribution < -0.4 is 11.2 Å². The number of ether oxygens (including phenoxy) is 1. The number of thioether (sulfide) groups is 1. The molecule has 3 heterocycles. The highest BCUT2D eigenvalue weighted by Gasteiger charge is 2.25. The fraction of sp³-hybridized carbons (Fsp3) is 0.353. The van der Waals surface area contributed by atoms with E-state index in [1.165, 1.54) is 11.8 Å². The average Bonchev–Trinajstić information content (AvgIpc) is 3.45. The molecule has 0 spiro atoms. The summed E-state index contributed by atoms with van der Waals surface area (Å²) in [6.45, 7) is 2.22. The van der Waals surface area contributed by atoms with Gasteiger partial charge in [-0.25, -0.2) is 32.2 Å². The molecule has 11 nitrogen and oxygen atoms in total. The number of hydrazine groups is 1. The van der Waals surface area contributed by atoms with Crippen molar-refractivity contribution in [3.8, 4) is 17.2 Å². The fourth-order valence-electron chi connectivity index (χ4n) is 2.75. The van der Waals surface area contributed by atoms with E-state index in [-0.39, 0.29) is 28.5 Å². The van der Waals surface area contributed by atoms with Gasteiger partial charge in [-0.1, -0.05) is 16.9 Å². The van der Waals surface area contributed by atoms with Gasteiger partial charge in [-0.2, -0.15) is 5.01 Å². The molecule has 2 aromatic heterocycles. The Morgan fingerprint density at radius 3 is 2.84 bits per heavy atom. The number of amidine groups is 1. The average molecular weight is 471 g/mol. The number of nitrogens with one attached hydrogen (secondary N) is 1. The highest BCUT2D eigenvalue weighted by Crippen LogP contribution is 2.29. The van der Waals surface area contributed by atoms with E-state index >= 15 is 0 Å². The maximum absolute atomic E-state index is 13.7. The standard InChI is InChI=1S/C17H16F3N7O4S/c1-8-26(2)22-16(29-8)21-5-6-32-15-12(23-31-25-15)14-24-30-17(28)27(14)9-3-4-11(18)10(7-9)13(19)20/h3-4,7-8,13H,5-6H2,1-2H3,(H,21,22). The van der Waals surface area contributed by atoms with E-state index in [2.05, 4.69) is 30.4 Å². The first-order valence-electron chi connectivity index (χ1n) is 9.18. The molecule has 1 unspecified atom stereocenters. The van der Waals surface area contributed by atoms with Gasteiger partial charge in [0.1, 0.15) is 5.82 Å². The summed E-state index contributed by atoms with van der Waals surface area (Å²) in [5.41, 5.74) is 2.06. The molecule has 1 aliphatic heterocycles. The zero-order valence-corrected chi connectivity index (χ0v) is 17.5. The molecule has 1 fully saturated rings. The van der Waals surface area contributed by atoms with Crippen LogP contribution in [0.5, 0.6) is 0 Å². The predicted molar refractivity (Wildman–Crippen MR) is 105 cm³/mol. The number of nitrogens with zero attached hydrogens (tertiary/aromatic N) is 6. The van der Waals surface area contributed by atoms with Crippen LogP contribution in [0.15, 0.2) is 42.2 Å². The van der Waals surface area contributed by atoms with Gasteiger partial charge < -0.3 is 4.74 Å². The zero-order chi connectivity index (χ0) is 22.8. The molecule has 3 aromatic rings. The highest BCUT2D eigenvalue weighted by atomic mass is 32.2. The van der Waals surface area contributed by atoms with Crippen LogP contribution in [0.2, 0.25) is 0 Å². The molecule has 15 heteroatoms. The van der Waals surface area contributed by atoms with E-state index in [0.717, 1.165) is 22.8 Å². The minimum Gasteiger partial charge on any atom is -0.444 e. The minimum absolute atomic E-state index is 0.0556. The quantitative estimate of drug-likeness (QED) is 0.405. The number of hydrogen-bond donors (Lipinski definition) is 1. The Morgan fingerprint density at radius 2 is 2.12 bits per heavy atom. The molecule has 4 rings (SSSR count). The van der Waals surface area contributed by atoms with Crippen LogP contribution in [0, 0.1) is 5.82 Å². The topological polar surface area (TPSA) is 124 Å². The van der Waals surface area contributed by atoms with E-state index in [0.29, 0.717) is 18.3 Å². The third-order valence-corrected chi connectivity index (χ3v) is 5.36. The lowest BCUT2D eigenvalue weighted by atomic mass is 10.2. The number of aromatic nitrogens is 4. The van der Waals surface area contributed by atoms with Gasteiger partial charge in [0.05, 0.1) is 17.8 Å². The fourth-order valence-corrected chi connectivity index (χ4v) is 3.47. The lowest BCUT2D eigenvalue weighted by Crippen LogP contribution is -2.32. The molecule has 0 saturated carbocycles. The Hall–Kier alpha value is -3.33. The smallest absolute Gasteiger partial charge is 0.444 e. The van der Waals surface area contributed by atoms with Gasteiger partial charge in [0, 0.05) is 12.8 Å². The Bertz CT molecular complexity index is 1180. The van der Waals surface area contributed by atoms with Crippen molar-refractivity contribution in [3.05, 3.63) is 40.1 Å². The Kier molecular flexibility index (Phi) is 6.18. The van der Waals surface area contributed by atoms with Gasteiger partial charge in [-0.05, 0) is 35.4 Å². The summed E-state index contributed by atoms with van der Waals surface area (Å²) in [5, 5.41) is 13.2. The van der Waals surface area contributed by atoms with Crippen molar-refractivity contribution in [2.45, 2.75) is 24.6 Å². The zero-order valence-electron chi connectivity index (χ0n) is 16.7. The van der Waals surface area contributed by atoms with Crippen LogP contribution in [-0.2, 0) is 4.74 Å². The first-order chi connectivity index (χ1) is 15.3. The second-order valence-electron chi connectivity index (χ2n) is 6.51. The van der Waals surface area contributed by atoms with Crippen molar-refractivity contribution in [1.29, 1.82) is 0 Å². The summed E-state index contributed by atoms with van der Waals surface area (Å²) in [6.07, 6.45) is -3.22. The van der Waals surface area contributed by atoms with Crippen molar-refractivity contribution in [2.24, 2.45) is 4.99 Å². The third-order valence-electron chi connectivity index (χ3n) is 4.43. The summed E-state index contributed by atoms with van der Waals surface area (Å²) in [5.74, 6) is -1.76. The van der Waals surface area contributed by atoms with E-state index in [1.54, 1.807) is 5.01 Å². The van der Waals surface area contributed by atoms with Crippen molar-refractivity contribution >= 4 is 17.8 Å². The summed E-state index contributed by atoms with van der Waals surface area (Å²) in [6, 6.07) is 3.20. The van der Waals surface area contributed by atoms with Crippen molar-refractivity contribution in [3.63, 3.8) is 0 Å². The van der Waals surface area contributed by atoms with Crippen LogP contribution in [0.1, 0.15) is 18.9 Å². The third kappa shape index (κ3) is 4.34. The van der Waals surface area contributed by atoms with Crippen molar-refractivity contribution < 1.29 is 27.1 Å². The first-order valence-corrected chi connectivity index (χ1v) is 10.2.